The summed E-state index contributed by atoms with van der Waals surface area (Å²) in [4.78, 5) is 5.51. The summed E-state index contributed by atoms with van der Waals surface area (Å²) in [5.41, 5.74) is 0. The molecule has 0 saturated carbocycles. The van der Waals surface area contributed by atoms with E-state index in [4.69, 9.17) is 4.74 Å². The Morgan fingerprint density at radius 2 is 1.95 bits per heavy atom. The minimum atomic E-state index is 0. The molecule has 2 unspecified atom stereocenters. The predicted molar refractivity (Wildman–Crippen MR) is 103 cm³/mol. The van der Waals surface area contributed by atoms with Gasteiger partial charge in [0.15, 0.2) is 5.96 Å². The Labute approximate surface area is 149 Å². The van der Waals surface area contributed by atoms with Crippen LogP contribution in [0.5, 0.6) is 0 Å². The molecule has 0 saturated heterocycles. The molecule has 0 bridgehead atoms. The van der Waals surface area contributed by atoms with E-state index in [-0.39, 0.29) is 30.0 Å². The Bertz CT molecular complexity index is 403. The van der Waals surface area contributed by atoms with Gasteiger partial charge in [-0.05, 0) is 19.1 Å². The number of guanidine groups is 1. The number of hydrogen-bond acceptors (Lipinski definition) is 3. The minimum absolute atomic E-state index is 0. The normalized spacial score (nSPS) is 14.0. The van der Waals surface area contributed by atoms with Crippen molar-refractivity contribution in [2.75, 3.05) is 27.3 Å². The van der Waals surface area contributed by atoms with E-state index in [1.165, 1.54) is 4.90 Å². The molecular formula is C15H26IN3OS. The van der Waals surface area contributed by atoms with Gasteiger partial charge in [0.05, 0.1) is 6.61 Å². The van der Waals surface area contributed by atoms with Gasteiger partial charge in [0.25, 0.3) is 0 Å². The fourth-order valence-corrected chi connectivity index (χ4v) is 2.68. The smallest absolute Gasteiger partial charge is 0.191 e. The first kappa shape index (κ1) is 20.5. The first-order valence-electron chi connectivity index (χ1n) is 6.83. The number of thioether (sulfide) groups is 1. The van der Waals surface area contributed by atoms with E-state index in [0.717, 1.165) is 12.5 Å². The molecule has 21 heavy (non-hydrogen) atoms. The molecule has 2 atom stereocenters. The lowest BCUT2D eigenvalue weighted by Crippen LogP contribution is -2.45. The van der Waals surface area contributed by atoms with E-state index in [1.807, 2.05) is 17.8 Å². The lowest BCUT2D eigenvalue weighted by Gasteiger charge is -2.19. The van der Waals surface area contributed by atoms with Crippen molar-refractivity contribution < 1.29 is 4.74 Å². The van der Waals surface area contributed by atoms with Crippen LogP contribution in [-0.2, 0) is 4.74 Å². The van der Waals surface area contributed by atoms with Crippen molar-refractivity contribution in [2.45, 2.75) is 30.0 Å². The number of halogens is 1. The number of methoxy groups -OCH3 is 1. The van der Waals surface area contributed by atoms with Crippen LogP contribution in [0, 0.1) is 0 Å². The van der Waals surface area contributed by atoms with Crippen LogP contribution in [0.4, 0.5) is 0 Å². The molecule has 0 aliphatic heterocycles. The molecule has 0 spiro atoms. The molecular weight excluding hydrogens is 397 g/mol. The van der Waals surface area contributed by atoms with Crippen molar-refractivity contribution in [1.29, 1.82) is 0 Å². The molecule has 0 aliphatic carbocycles. The molecule has 0 radical (unpaired) electrons. The number of nitrogens with one attached hydrogen (secondary N) is 2. The van der Waals surface area contributed by atoms with Gasteiger partial charge in [-0.15, -0.1) is 35.7 Å². The lowest BCUT2D eigenvalue weighted by atomic mass is 10.4. The molecule has 0 heterocycles. The monoisotopic (exact) mass is 423 g/mol. The first-order chi connectivity index (χ1) is 9.65. The average Bonchev–Trinajstić information content (AvgIpc) is 2.44. The highest BCUT2D eigenvalue weighted by Gasteiger charge is 2.07. The molecule has 120 valence electrons. The largest absolute Gasteiger partial charge is 0.383 e. The van der Waals surface area contributed by atoms with Crippen LogP contribution in [0.1, 0.15) is 13.8 Å². The van der Waals surface area contributed by atoms with Crippen LogP contribution in [0.25, 0.3) is 0 Å². The van der Waals surface area contributed by atoms with Gasteiger partial charge in [-0.2, -0.15) is 0 Å². The van der Waals surface area contributed by atoms with Crippen molar-refractivity contribution in [3.8, 4) is 0 Å². The number of nitrogens with zero attached hydrogens (tertiary/aromatic N) is 1. The van der Waals surface area contributed by atoms with Crippen molar-refractivity contribution in [3.05, 3.63) is 30.3 Å². The van der Waals surface area contributed by atoms with Gasteiger partial charge in [-0.3, -0.25) is 4.99 Å². The van der Waals surface area contributed by atoms with Gasteiger partial charge in [0.1, 0.15) is 0 Å². The number of ether oxygens (including phenoxy) is 1. The highest BCUT2D eigenvalue weighted by molar-refractivity contribution is 14.0. The zero-order valence-corrected chi connectivity index (χ0v) is 16.3. The predicted octanol–water partition coefficient (Wildman–Crippen LogP) is 2.99. The molecule has 1 aromatic carbocycles. The Morgan fingerprint density at radius 1 is 1.29 bits per heavy atom. The number of rotatable bonds is 7. The second-order valence-corrected chi connectivity index (χ2v) is 6.21. The van der Waals surface area contributed by atoms with E-state index in [9.17, 15) is 0 Å². The Kier molecular flexibility index (Phi) is 11.8. The molecule has 6 heteroatoms. The van der Waals surface area contributed by atoms with Crippen molar-refractivity contribution >= 4 is 41.7 Å². The fraction of sp³-hybridized carbons (Fsp3) is 0.533. The molecule has 0 aliphatic rings. The van der Waals surface area contributed by atoms with E-state index in [2.05, 4.69) is 53.7 Å². The molecule has 4 nitrogen and oxygen atoms in total. The van der Waals surface area contributed by atoms with Gasteiger partial charge in [-0.1, -0.05) is 25.1 Å². The van der Waals surface area contributed by atoms with Crippen LogP contribution in [0.2, 0.25) is 0 Å². The number of hydrogen-bond donors (Lipinski definition) is 2. The van der Waals surface area contributed by atoms with E-state index >= 15 is 0 Å². The number of benzene rings is 1. The third kappa shape index (κ3) is 9.21. The quantitative estimate of drug-likeness (QED) is 0.306. The zero-order valence-electron chi connectivity index (χ0n) is 13.1. The van der Waals surface area contributed by atoms with Gasteiger partial charge in [0.2, 0.25) is 0 Å². The highest BCUT2D eigenvalue weighted by atomic mass is 127. The molecule has 2 N–H and O–H groups in total. The second kappa shape index (κ2) is 12.1. The summed E-state index contributed by atoms with van der Waals surface area (Å²) >= 11 is 1.86. The fourth-order valence-electron chi connectivity index (χ4n) is 1.73. The highest BCUT2D eigenvalue weighted by Crippen LogP contribution is 2.21. The summed E-state index contributed by atoms with van der Waals surface area (Å²) in [7, 11) is 3.48. The third-order valence-electron chi connectivity index (χ3n) is 2.66. The van der Waals surface area contributed by atoms with Crippen LogP contribution in [0.15, 0.2) is 40.2 Å². The lowest BCUT2D eigenvalue weighted by molar-refractivity contribution is 0.179. The maximum atomic E-state index is 5.10. The van der Waals surface area contributed by atoms with Gasteiger partial charge in [0, 0.05) is 36.9 Å². The molecule has 1 rings (SSSR count). The van der Waals surface area contributed by atoms with Crippen molar-refractivity contribution in [2.24, 2.45) is 4.99 Å². The van der Waals surface area contributed by atoms with E-state index < -0.39 is 0 Å². The third-order valence-corrected chi connectivity index (χ3v) is 3.77. The van der Waals surface area contributed by atoms with Crippen LogP contribution in [-0.4, -0.2) is 44.6 Å². The molecule has 0 aromatic heterocycles. The maximum Gasteiger partial charge on any atom is 0.191 e. The van der Waals surface area contributed by atoms with Crippen LogP contribution in [0.3, 0.4) is 0 Å². The van der Waals surface area contributed by atoms with Gasteiger partial charge >= 0.3 is 0 Å². The SMILES string of the molecule is CN=C(NCC(C)Sc1ccccc1)NC(C)COC.I. The summed E-state index contributed by atoms with van der Waals surface area (Å²) in [6, 6.07) is 10.7. The number of aliphatic imine (C=N–C) groups is 1. The minimum Gasteiger partial charge on any atom is -0.383 e. The van der Waals surface area contributed by atoms with Crippen LogP contribution >= 0.6 is 35.7 Å². The summed E-state index contributed by atoms with van der Waals surface area (Å²) < 4.78 is 5.10. The standard InChI is InChI=1S/C15H25N3OS.HI/c1-12(11-19-4)18-15(16-3)17-10-13(2)20-14-8-6-5-7-9-14;/h5-9,12-13H,10-11H2,1-4H3,(H2,16,17,18);1H. The van der Waals surface area contributed by atoms with Crippen molar-refractivity contribution in [1.82, 2.24) is 10.6 Å². The maximum absolute atomic E-state index is 5.10. The summed E-state index contributed by atoms with van der Waals surface area (Å²) in [5, 5.41) is 7.10. The van der Waals surface area contributed by atoms with Crippen molar-refractivity contribution in [3.63, 3.8) is 0 Å². The first-order valence-corrected chi connectivity index (χ1v) is 7.71. The summed E-state index contributed by atoms with van der Waals surface area (Å²) in [5.74, 6) is 0.815. The molecule has 1 aromatic rings. The zero-order chi connectivity index (χ0) is 14.8. The van der Waals surface area contributed by atoms with Crippen LogP contribution < -0.4 is 10.6 Å². The van der Waals surface area contributed by atoms with Gasteiger partial charge < -0.3 is 15.4 Å². The molecule has 0 amide bonds. The molecule has 0 fully saturated rings. The average molecular weight is 423 g/mol. The summed E-state index contributed by atoms with van der Waals surface area (Å²) in [6.07, 6.45) is 0. The van der Waals surface area contributed by atoms with E-state index in [1.54, 1.807) is 14.2 Å². The van der Waals surface area contributed by atoms with Gasteiger partial charge in [-0.25, -0.2) is 0 Å². The Balaban J connectivity index is 0.00000400. The summed E-state index contributed by atoms with van der Waals surface area (Å²) in [6.45, 7) is 5.79. The Hall–Kier alpha value is -0.470. The Morgan fingerprint density at radius 3 is 2.52 bits per heavy atom. The van der Waals surface area contributed by atoms with E-state index in [0.29, 0.717) is 11.9 Å². The second-order valence-electron chi connectivity index (χ2n) is 4.70. The topological polar surface area (TPSA) is 45.7 Å².